The van der Waals surface area contributed by atoms with Crippen LogP contribution in [0.1, 0.15) is 99.8 Å². The van der Waals surface area contributed by atoms with Crippen molar-refractivity contribution < 1.29 is 0 Å². The largest absolute Gasteiger partial charge is 0.0649 e. The van der Waals surface area contributed by atoms with Crippen molar-refractivity contribution in [2.24, 2.45) is 22.2 Å². The smallest absolute Gasteiger partial charge is 0.0226 e. The van der Waals surface area contributed by atoms with E-state index < -0.39 is 0 Å². The van der Waals surface area contributed by atoms with Crippen molar-refractivity contribution in [2.75, 3.05) is 0 Å². The predicted molar refractivity (Wildman–Crippen MR) is 87.4 cm³/mol. The van der Waals surface area contributed by atoms with Gasteiger partial charge >= 0.3 is 0 Å². The summed E-state index contributed by atoms with van der Waals surface area (Å²) in [5.41, 5.74) is 1.60. The minimum atomic E-state index is 0.439. The molecule has 0 heterocycles. The summed E-state index contributed by atoms with van der Waals surface area (Å²) < 4.78 is 0. The maximum atomic E-state index is 2.52. The molecule has 1 aliphatic carbocycles. The first kappa shape index (κ1) is 17.1. The minimum absolute atomic E-state index is 0.439. The van der Waals surface area contributed by atoms with Gasteiger partial charge in [0.15, 0.2) is 0 Å². The van der Waals surface area contributed by atoms with Crippen molar-refractivity contribution in [3.63, 3.8) is 0 Å². The van der Waals surface area contributed by atoms with Gasteiger partial charge in [0.2, 0.25) is 0 Å². The van der Waals surface area contributed by atoms with E-state index in [1.54, 1.807) is 0 Å². The molecule has 1 fully saturated rings. The Hall–Kier alpha value is 0. The van der Waals surface area contributed by atoms with E-state index in [4.69, 9.17) is 0 Å². The summed E-state index contributed by atoms with van der Waals surface area (Å²) >= 11 is 0. The third kappa shape index (κ3) is 3.76. The van der Waals surface area contributed by atoms with Gasteiger partial charge in [-0.05, 0) is 47.8 Å². The van der Waals surface area contributed by atoms with Crippen molar-refractivity contribution in [2.45, 2.75) is 99.8 Å². The van der Waals surface area contributed by atoms with Crippen LogP contribution in [-0.2, 0) is 0 Å². The van der Waals surface area contributed by atoms with Crippen molar-refractivity contribution in [3.8, 4) is 0 Å². The Morgan fingerprint density at radius 3 is 1.84 bits per heavy atom. The van der Waals surface area contributed by atoms with Gasteiger partial charge in [0, 0.05) is 0 Å². The van der Waals surface area contributed by atoms with E-state index in [1.807, 2.05) is 0 Å². The van der Waals surface area contributed by atoms with Gasteiger partial charge in [-0.25, -0.2) is 0 Å². The molecule has 0 aliphatic heterocycles. The van der Waals surface area contributed by atoms with Gasteiger partial charge in [-0.15, -0.1) is 0 Å². The fourth-order valence-corrected chi connectivity index (χ4v) is 4.62. The highest BCUT2D eigenvalue weighted by Crippen LogP contribution is 2.53. The molecule has 0 heteroatoms. The van der Waals surface area contributed by atoms with Gasteiger partial charge in [-0.1, -0.05) is 74.1 Å². The van der Waals surface area contributed by atoms with Crippen LogP contribution in [0.4, 0.5) is 0 Å². The van der Waals surface area contributed by atoms with Crippen LogP contribution in [0, 0.1) is 22.2 Å². The average Bonchev–Trinajstić information content (AvgIpc) is 2.38. The zero-order valence-electron chi connectivity index (χ0n) is 14.7. The summed E-state index contributed by atoms with van der Waals surface area (Å²) in [6.07, 6.45) is 11.4. The lowest BCUT2D eigenvalue weighted by Crippen LogP contribution is -2.40. The van der Waals surface area contributed by atoms with Crippen molar-refractivity contribution in [1.29, 1.82) is 0 Å². The molecule has 1 saturated carbocycles. The summed E-state index contributed by atoms with van der Waals surface area (Å²) in [5.74, 6) is 0.804. The van der Waals surface area contributed by atoms with Crippen molar-refractivity contribution in [3.05, 3.63) is 0 Å². The average molecular weight is 267 g/mol. The van der Waals surface area contributed by atoms with Crippen molar-refractivity contribution >= 4 is 0 Å². The molecule has 0 saturated heterocycles. The Morgan fingerprint density at radius 1 is 0.895 bits per heavy atom. The highest BCUT2D eigenvalue weighted by atomic mass is 14.5. The molecule has 0 radical (unpaired) electrons. The van der Waals surface area contributed by atoms with Crippen LogP contribution in [0.5, 0.6) is 0 Å². The monoisotopic (exact) mass is 266 g/mol. The molecule has 0 aromatic rings. The Kier molecular flexibility index (Phi) is 5.55. The highest BCUT2D eigenvalue weighted by molar-refractivity contribution is 4.94. The maximum absolute atomic E-state index is 2.52. The molecule has 0 aromatic carbocycles. The summed E-state index contributed by atoms with van der Waals surface area (Å²) in [5, 5.41) is 0. The second-order valence-corrected chi connectivity index (χ2v) is 8.79. The van der Waals surface area contributed by atoms with E-state index in [-0.39, 0.29) is 0 Å². The normalized spacial score (nSPS) is 34.7. The highest BCUT2D eigenvalue weighted by Gasteiger charge is 2.44. The molecular formula is C19H38. The molecule has 2 atom stereocenters. The van der Waals surface area contributed by atoms with E-state index in [2.05, 4.69) is 48.5 Å². The molecule has 0 N–H and O–H groups in total. The van der Waals surface area contributed by atoms with E-state index >= 15 is 0 Å². The van der Waals surface area contributed by atoms with Crippen LogP contribution in [-0.4, -0.2) is 0 Å². The van der Waals surface area contributed by atoms with E-state index in [0.29, 0.717) is 16.2 Å². The zero-order chi connectivity index (χ0) is 14.7. The first-order chi connectivity index (χ1) is 8.67. The molecule has 1 aliphatic rings. The second-order valence-electron chi connectivity index (χ2n) is 8.79. The lowest BCUT2D eigenvalue weighted by Gasteiger charge is -2.49. The Morgan fingerprint density at radius 2 is 1.37 bits per heavy atom. The quantitative estimate of drug-likeness (QED) is 0.513. The van der Waals surface area contributed by atoms with E-state index in [1.165, 1.54) is 51.4 Å². The van der Waals surface area contributed by atoms with Crippen LogP contribution < -0.4 is 0 Å². The molecule has 114 valence electrons. The molecule has 0 aromatic heterocycles. The van der Waals surface area contributed by atoms with Gasteiger partial charge in [-0.2, -0.15) is 0 Å². The fraction of sp³-hybridized carbons (Fsp3) is 1.00. The molecule has 0 amide bonds. The van der Waals surface area contributed by atoms with Crippen LogP contribution >= 0.6 is 0 Å². The maximum Gasteiger partial charge on any atom is -0.0226 e. The number of hydrogen-bond donors (Lipinski definition) is 0. The van der Waals surface area contributed by atoms with Gasteiger partial charge in [0.1, 0.15) is 0 Å². The molecule has 19 heavy (non-hydrogen) atoms. The van der Waals surface area contributed by atoms with Gasteiger partial charge < -0.3 is 0 Å². The standard InChI is InChI=1S/C19H38/c1-8-18(7)12-9-10-14-19(16(2)3,15-11-13-18)17(4,5)6/h16H,8-15H2,1-7H3. The minimum Gasteiger partial charge on any atom is -0.0649 e. The van der Waals surface area contributed by atoms with E-state index in [0.717, 1.165) is 5.92 Å². The summed E-state index contributed by atoms with van der Waals surface area (Å²) in [4.78, 5) is 0. The molecule has 1 rings (SSSR count). The summed E-state index contributed by atoms with van der Waals surface area (Å²) in [7, 11) is 0. The number of rotatable bonds is 2. The Labute approximate surface area is 122 Å². The first-order valence-corrected chi connectivity index (χ1v) is 8.67. The van der Waals surface area contributed by atoms with Crippen LogP contribution in [0.2, 0.25) is 0 Å². The third-order valence-electron chi connectivity index (χ3n) is 6.51. The lowest BCUT2D eigenvalue weighted by molar-refractivity contribution is 0.00668. The van der Waals surface area contributed by atoms with Crippen LogP contribution in [0.15, 0.2) is 0 Å². The molecule has 0 bridgehead atoms. The molecule has 2 unspecified atom stereocenters. The Bertz CT molecular complexity index is 270. The first-order valence-electron chi connectivity index (χ1n) is 8.67. The number of hydrogen-bond acceptors (Lipinski definition) is 0. The zero-order valence-corrected chi connectivity index (χ0v) is 14.7. The SMILES string of the molecule is CCC1(C)CCCCC(C(C)C)(C(C)(C)C)CCC1. The van der Waals surface area contributed by atoms with Crippen LogP contribution in [0.3, 0.4) is 0 Å². The summed E-state index contributed by atoms with van der Waals surface area (Å²) in [6.45, 7) is 17.3. The van der Waals surface area contributed by atoms with Gasteiger partial charge in [-0.3, -0.25) is 0 Å². The summed E-state index contributed by atoms with van der Waals surface area (Å²) in [6, 6.07) is 0. The predicted octanol–water partition coefficient (Wildman–Crippen LogP) is 6.84. The fourth-order valence-electron chi connectivity index (χ4n) is 4.62. The second kappa shape index (κ2) is 6.19. The van der Waals surface area contributed by atoms with Gasteiger partial charge in [0.05, 0.1) is 0 Å². The van der Waals surface area contributed by atoms with Crippen LogP contribution in [0.25, 0.3) is 0 Å². The molecule has 0 spiro atoms. The van der Waals surface area contributed by atoms with Crippen molar-refractivity contribution in [1.82, 2.24) is 0 Å². The topological polar surface area (TPSA) is 0 Å². The molecular weight excluding hydrogens is 228 g/mol. The third-order valence-corrected chi connectivity index (χ3v) is 6.51. The molecule has 0 nitrogen and oxygen atoms in total. The Balaban J connectivity index is 2.91. The van der Waals surface area contributed by atoms with Gasteiger partial charge in [0.25, 0.3) is 0 Å². The lowest BCUT2D eigenvalue weighted by atomic mass is 9.56. The van der Waals surface area contributed by atoms with E-state index in [9.17, 15) is 0 Å².